The van der Waals surface area contributed by atoms with E-state index in [-0.39, 0.29) is 6.42 Å². The monoisotopic (exact) mass is 296 g/mol. The van der Waals surface area contributed by atoms with E-state index in [1.807, 2.05) is 0 Å². The van der Waals surface area contributed by atoms with E-state index in [1.165, 1.54) is 0 Å². The molecule has 0 aromatic heterocycles. The molecule has 0 unspecified atom stereocenters. The van der Waals surface area contributed by atoms with Crippen LogP contribution >= 0.6 is 0 Å². The number of ether oxygens (including phenoxy) is 1. The number of amides is 1. The van der Waals surface area contributed by atoms with Gasteiger partial charge in [-0.1, -0.05) is 0 Å². The minimum atomic E-state index is -0.879. The Morgan fingerprint density at radius 3 is 2.52 bits per heavy atom. The van der Waals surface area contributed by atoms with Gasteiger partial charge in [0.15, 0.2) is 0 Å². The van der Waals surface area contributed by atoms with E-state index in [1.54, 1.807) is 6.92 Å². The van der Waals surface area contributed by atoms with E-state index in [0.717, 1.165) is 0 Å². The summed E-state index contributed by atoms with van der Waals surface area (Å²) < 4.78 is 5.43. The Balaban J connectivity index is 1.98. The van der Waals surface area contributed by atoms with Crippen molar-refractivity contribution in [1.82, 2.24) is 4.90 Å². The van der Waals surface area contributed by atoms with Crippen molar-refractivity contribution < 1.29 is 24.2 Å². The van der Waals surface area contributed by atoms with Crippen LogP contribution in [-0.2, 0) is 19.1 Å². The molecule has 7 heteroatoms. The summed E-state index contributed by atoms with van der Waals surface area (Å²) in [5.41, 5.74) is 5.13. The summed E-state index contributed by atoms with van der Waals surface area (Å²) in [4.78, 5) is 36.0. The van der Waals surface area contributed by atoms with Crippen molar-refractivity contribution in [2.45, 2.75) is 38.2 Å². The molecule has 1 spiro atoms. The van der Waals surface area contributed by atoms with E-state index in [2.05, 4.69) is 4.90 Å². The van der Waals surface area contributed by atoms with E-state index < -0.39 is 23.4 Å². The number of carbonyl (C=O) groups excluding carboxylic acids is 2. The quantitative estimate of drug-likeness (QED) is 0.693. The minimum Gasteiger partial charge on any atom is -0.481 e. The Labute approximate surface area is 122 Å². The molecule has 2 aliphatic heterocycles. The number of likely N-dealkylation sites (tertiary alicyclic amines) is 1. The third-order valence-corrected chi connectivity index (χ3v) is 4.20. The molecule has 1 fully saturated rings. The zero-order valence-electron chi connectivity index (χ0n) is 12.1. The van der Waals surface area contributed by atoms with E-state index in [9.17, 15) is 14.4 Å². The predicted octanol–water partition coefficient (Wildman–Crippen LogP) is 0.0444. The highest BCUT2D eigenvalue weighted by Crippen LogP contribution is 2.40. The van der Waals surface area contributed by atoms with Gasteiger partial charge in [0.25, 0.3) is 0 Å². The summed E-state index contributed by atoms with van der Waals surface area (Å²) in [5.74, 6) is -1.87. The molecule has 3 N–H and O–H groups in total. The van der Waals surface area contributed by atoms with Gasteiger partial charge in [0.2, 0.25) is 5.91 Å². The number of nitrogens with two attached hydrogens (primary N) is 1. The average Bonchev–Trinajstić information content (AvgIpc) is 2.63. The Kier molecular flexibility index (Phi) is 4.32. The maximum absolute atomic E-state index is 11.7. The summed E-state index contributed by atoms with van der Waals surface area (Å²) in [6.07, 6.45) is 1.75. The van der Waals surface area contributed by atoms with Crippen LogP contribution in [0.25, 0.3) is 0 Å². The zero-order valence-corrected chi connectivity index (χ0v) is 12.1. The number of carbonyl (C=O) groups is 3. The van der Waals surface area contributed by atoms with Crippen molar-refractivity contribution >= 4 is 17.8 Å². The highest BCUT2D eigenvalue weighted by molar-refractivity contribution is 6.06. The number of nitrogens with zero attached hydrogens (tertiary/aromatic N) is 1. The van der Waals surface area contributed by atoms with Gasteiger partial charge in [-0.3, -0.25) is 9.59 Å². The molecule has 21 heavy (non-hydrogen) atoms. The molecule has 0 saturated carbocycles. The van der Waals surface area contributed by atoms with E-state index in [4.69, 9.17) is 15.6 Å². The molecule has 0 bridgehead atoms. The predicted molar refractivity (Wildman–Crippen MR) is 73.3 cm³/mol. The first-order valence-electron chi connectivity index (χ1n) is 7.04. The third kappa shape index (κ3) is 3.07. The number of carboxylic acids is 1. The van der Waals surface area contributed by atoms with Crippen LogP contribution in [0.1, 0.15) is 32.6 Å². The number of piperidine rings is 1. The van der Waals surface area contributed by atoms with Gasteiger partial charge in [0, 0.05) is 37.9 Å². The van der Waals surface area contributed by atoms with Crippen LogP contribution in [0.4, 0.5) is 0 Å². The second-order valence-corrected chi connectivity index (χ2v) is 5.59. The number of esters is 1. The lowest BCUT2D eigenvalue weighted by Crippen LogP contribution is -2.48. The van der Waals surface area contributed by atoms with E-state index >= 15 is 0 Å². The van der Waals surface area contributed by atoms with Gasteiger partial charge in [-0.15, -0.1) is 0 Å². The number of rotatable bonds is 5. The highest BCUT2D eigenvalue weighted by atomic mass is 16.6. The summed E-state index contributed by atoms with van der Waals surface area (Å²) in [6.45, 7) is 3.55. The molecule has 116 valence electrons. The van der Waals surface area contributed by atoms with Crippen molar-refractivity contribution in [1.29, 1.82) is 0 Å². The average molecular weight is 296 g/mol. The number of hydrogen-bond donors (Lipinski definition) is 2. The zero-order chi connectivity index (χ0) is 15.6. The topological polar surface area (TPSA) is 110 Å². The fourth-order valence-corrected chi connectivity index (χ4v) is 3.10. The lowest BCUT2D eigenvalue weighted by molar-refractivity contribution is -0.151. The van der Waals surface area contributed by atoms with Gasteiger partial charge in [-0.2, -0.15) is 0 Å². The first-order chi connectivity index (χ1) is 9.85. The Morgan fingerprint density at radius 1 is 1.38 bits per heavy atom. The molecule has 1 saturated heterocycles. The second-order valence-electron chi connectivity index (χ2n) is 5.59. The summed E-state index contributed by atoms with van der Waals surface area (Å²) >= 11 is 0. The Bertz CT molecular complexity index is 503. The number of hydrogen-bond acceptors (Lipinski definition) is 5. The number of aliphatic carboxylic acids is 1. The van der Waals surface area contributed by atoms with Gasteiger partial charge < -0.3 is 20.5 Å². The smallest absolute Gasteiger partial charge is 0.335 e. The van der Waals surface area contributed by atoms with Crippen molar-refractivity contribution in [3.63, 3.8) is 0 Å². The minimum absolute atomic E-state index is 0.141. The Hall–Kier alpha value is -1.89. The molecular weight excluding hydrogens is 276 g/mol. The number of primary amides is 1. The van der Waals surface area contributed by atoms with Crippen LogP contribution in [-0.4, -0.2) is 53.1 Å². The molecule has 0 radical (unpaired) electrons. The van der Waals surface area contributed by atoms with Crippen molar-refractivity contribution in [2.24, 2.45) is 5.73 Å². The van der Waals surface area contributed by atoms with Crippen LogP contribution in [0.5, 0.6) is 0 Å². The first-order valence-corrected chi connectivity index (χ1v) is 7.04. The summed E-state index contributed by atoms with van der Waals surface area (Å²) in [6, 6.07) is 0. The largest absolute Gasteiger partial charge is 0.481 e. The molecular formula is C14H20N2O5. The summed E-state index contributed by atoms with van der Waals surface area (Å²) in [5, 5.41) is 8.63. The van der Waals surface area contributed by atoms with Crippen molar-refractivity contribution in [3.05, 3.63) is 11.1 Å². The molecule has 0 atom stereocenters. The van der Waals surface area contributed by atoms with Gasteiger partial charge in [0.05, 0.1) is 5.57 Å². The first kappa shape index (κ1) is 15.5. The van der Waals surface area contributed by atoms with Crippen LogP contribution in [0.3, 0.4) is 0 Å². The molecule has 0 aliphatic carbocycles. The SMILES string of the molecule is CC1=C(C(N)=O)C2(CCN(CCCC(=O)O)CC2)OC1=O. The lowest BCUT2D eigenvalue weighted by atomic mass is 9.83. The highest BCUT2D eigenvalue weighted by Gasteiger charge is 2.50. The van der Waals surface area contributed by atoms with Crippen molar-refractivity contribution in [2.75, 3.05) is 19.6 Å². The molecule has 7 nitrogen and oxygen atoms in total. The van der Waals surface area contributed by atoms with Crippen molar-refractivity contribution in [3.8, 4) is 0 Å². The molecule has 2 heterocycles. The molecule has 2 aliphatic rings. The van der Waals surface area contributed by atoms with Gasteiger partial charge in [-0.25, -0.2) is 4.79 Å². The molecule has 1 amide bonds. The maximum Gasteiger partial charge on any atom is 0.335 e. The second kappa shape index (κ2) is 5.85. The maximum atomic E-state index is 11.7. The van der Waals surface area contributed by atoms with Gasteiger partial charge >= 0.3 is 11.9 Å². The van der Waals surface area contributed by atoms with E-state index in [0.29, 0.717) is 50.0 Å². The standard InChI is InChI=1S/C14H20N2O5/c1-9-11(12(15)19)14(21-13(9)20)4-7-16(8-5-14)6-2-3-10(17)18/h2-8H2,1H3,(H2,15,19)(H,17,18). The molecule has 0 aromatic rings. The normalized spacial score (nSPS) is 21.7. The Morgan fingerprint density at radius 2 is 2.00 bits per heavy atom. The fourth-order valence-electron chi connectivity index (χ4n) is 3.10. The summed E-state index contributed by atoms with van der Waals surface area (Å²) in [7, 11) is 0. The lowest BCUT2D eigenvalue weighted by Gasteiger charge is -2.39. The van der Waals surface area contributed by atoms with Crippen LogP contribution < -0.4 is 5.73 Å². The fraction of sp³-hybridized carbons (Fsp3) is 0.643. The molecule has 0 aromatic carbocycles. The van der Waals surface area contributed by atoms with Crippen LogP contribution in [0.15, 0.2) is 11.1 Å². The van der Waals surface area contributed by atoms with Crippen LogP contribution in [0, 0.1) is 0 Å². The number of carboxylic acid groups (broad SMARTS) is 1. The van der Waals surface area contributed by atoms with Gasteiger partial charge in [0.1, 0.15) is 5.60 Å². The molecule has 2 rings (SSSR count). The third-order valence-electron chi connectivity index (χ3n) is 4.20. The van der Waals surface area contributed by atoms with Gasteiger partial charge in [-0.05, 0) is 19.9 Å². The van der Waals surface area contributed by atoms with Crippen LogP contribution in [0.2, 0.25) is 0 Å².